The Kier molecular flexibility index (Phi) is 4.75. The van der Waals surface area contributed by atoms with Gasteiger partial charge in [0.15, 0.2) is 0 Å². The number of nitrogens with zero attached hydrogens (tertiary/aromatic N) is 1. The molecule has 19 heavy (non-hydrogen) atoms. The molecule has 1 fully saturated rings. The van der Waals surface area contributed by atoms with Crippen LogP contribution in [0.4, 0.5) is 5.69 Å². The van der Waals surface area contributed by atoms with Crippen LogP contribution >= 0.6 is 11.8 Å². The van der Waals surface area contributed by atoms with Crippen LogP contribution in [0.2, 0.25) is 0 Å². The van der Waals surface area contributed by atoms with Gasteiger partial charge in [-0.25, -0.2) is 0 Å². The molecule has 0 saturated carbocycles. The van der Waals surface area contributed by atoms with E-state index in [1.165, 1.54) is 12.8 Å². The minimum Gasteiger partial charge on any atom is -0.384 e. The highest BCUT2D eigenvalue weighted by molar-refractivity contribution is 7.99. The third-order valence-corrected chi connectivity index (χ3v) is 4.51. The Bertz CT molecular complexity index is 459. The van der Waals surface area contributed by atoms with E-state index in [9.17, 15) is 0 Å². The minimum absolute atomic E-state index is 0.185. The van der Waals surface area contributed by atoms with Gasteiger partial charge in [0.1, 0.15) is 5.84 Å². The third-order valence-electron chi connectivity index (χ3n) is 3.57. The van der Waals surface area contributed by atoms with Gasteiger partial charge in [-0.2, -0.15) is 0 Å². The van der Waals surface area contributed by atoms with Gasteiger partial charge in [0, 0.05) is 23.7 Å². The molecule has 1 saturated heterocycles. The lowest BCUT2D eigenvalue weighted by molar-refractivity contribution is 0.446. The molecule has 1 heterocycles. The zero-order chi connectivity index (χ0) is 13.8. The maximum Gasteiger partial charge on any atom is 0.126 e. The predicted octanol–water partition coefficient (Wildman–Crippen LogP) is 3.32. The average Bonchev–Trinajstić information content (AvgIpc) is 2.38. The zero-order valence-corrected chi connectivity index (χ0v) is 12.6. The van der Waals surface area contributed by atoms with Crippen molar-refractivity contribution in [3.63, 3.8) is 0 Å². The highest BCUT2D eigenvalue weighted by Gasteiger charge is 2.21. The number of piperidine rings is 1. The van der Waals surface area contributed by atoms with Crippen molar-refractivity contribution in [3.05, 3.63) is 23.8 Å². The van der Waals surface area contributed by atoms with Crippen molar-refractivity contribution in [3.8, 4) is 0 Å². The van der Waals surface area contributed by atoms with Crippen LogP contribution < -0.4 is 10.6 Å². The molecule has 0 bridgehead atoms. The number of hydrogen-bond donors (Lipinski definition) is 2. The van der Waals surface area contributed by atoms with Crippen molar-refractivity contribution in [2.45, 2.75) is 31.6 Å². The Morgan fingerprint density at radius 1 is 1.53 bits per heavy atom. The van der Waals surface area contributed by atoms with E-state index in [1.807, 2.05) is 0 Å². The fourth-order valence-electron chi connectivity index (χ4n) is 2.74. The normalized spacial score (nSPS) is 19.5. The van der Waals surface area contributed by atoms with Crippen molar-refractivity contribution >= 4 is 23.3 Å². The maximum atomic E-state index is 7.90. The molecule has 0 spiro atoms. The molecule has 2 rings (SSSR count). The molecule has 1 aromatic carbocycles. The molecule has 0 radical (unpaired) electrons. The van der Waals surface area contributed by atoms with Crippen LogP contribution in [0.5, 0.6) is 0 Å². The van der Waals surface area contributed by atoms with E-state index in [0.717, 1.165) is 40.9 Å². The molecular weight excluding hydrogens is 254 g/mol. The summed E-state index contributed by atoms with van der Waals surface area (Å²) in [5.41, 5.74) is 7.89. The van der Waals surface area contributed by atoms with E-state index in [1.54, 1.807) is 11.8 Å². The second kappa shape index (κ2) is 6.33. The summed E-state index contributed by atoms with van der Waals surface area (Å²) in [4.78, 5) is 3.52. The van der Waals surface area contributed by atoms with Crippen LogP contribution in [0.25, 0.3) is 0 Å². The third kappa shape index (κ3) is 3.24. The lowest BCUT2D eigenvalue weighted by atomic mass is 9.98. The monoisotopic (exact) mass is 277 g/mol. The summed E-state index contributed by atoms with van der Waals surface area (Å²) >= 11 is 1.76. The number of nitrogens with one attached hydrogen (secondary N) is 1. The standard InChI is InChI=1S/C15H23N3S/c1-3-19-13-8-4-7-12(14(13)15(16)17)18-9-5-6-11(2)10-18/h4,7-8,11H,3,5-6,9-10H2,1-2H3,(H3,16,17). The molecule has 3 N–H and O–H groups in total. The maximum absolute atomic E-state index is 7.90. The Morgan fingerprint density at radius 3 is 2.95 bits per heavy atom. The van der Waals surface area contributed by atoms with E-state index in [4.69, 9.17) is 11.1 Å². The van der Waals surface area contributed by atoms with Crippen molar-refractivity contribution in [1.29, 1.82) is 5.41 Å². The number of nitrogen functional groups attached to an aromatic ring is 1. The Balaban J connectivity index is 2.38. The molecular formula is C15H23N3S. The molecule has 1 aromatic rings. The highest BCUT2D eigenvalue weighted by Crippen LogP contribution is 2.32. The summed E-state index contributed by atoms with van der Waals surface area (Å²) in [6.07, 6.45) is 2.53. The smallest absolute Gasteiger partial charge is 0.126 e. The van der Waals surface area contributed by atoms with Crippen LogP contribution in [0, 0.1) is 11.3 Å². The lowest BCUT2D eigenvalue weighted by Crippen LogP contribution is -2.35. The molecule has 1 unspecified atom stereocenters. The number of anilines is 1. The molecule has 0 aliphatic carbocycles. The number of hydrogen-bond acceptors (Lipinski definition) is 3. The van der Waals surface area contributed by atoms with E-state index < -0.39 is 0 Å². The molecule has 1 aliphatic heterocycles. The fraction of sp³-hybridized carbons (Fsp3) is 0.533. The first-order chi connectivity index (χ1) is 9.13. The minimum atomic E-state index is 0.185. The molecule has 4 heteroatoms. The zero-order valence-electron chi connectivity index (χ0n) is 11.8. The van der Waals surface area contributed by atoms with E-state index in [0.29, 0.717) is 0 Å². The van der Waals surface area contributed by atoms with Crippen molar-refractivity contribution in [1.82, 2.24) is 0 Å². The van der Waals surface area contributed by atoms with E-state index in [-0.39, 0.29) is 5.84 Å². The van der Waals surface area contributed by atoms with Crippen molar-refractivity contribution in [2.24, 2.45) is 11.7 Å². The number of nitrogens with two attached hydrogens (primary N) is 1. The molecule has 104 valence electrons. The largest absolute Gasteiger partial charge is 0.384 e. The summed E-state index contributed by atoms with van der Waals surface area (Å²) < 4.78 is 0. The number of amidine groups is 1. The lowest BCUT2D eigenvalue weighted by Gasteiger charge is -2.34. The first-order valence-corrected chi connectivity index (χ1v) is 7.97. The number of thioether (sulfide) groups is 1. The van der Waals surface area contributed by atoms with Gasteiger partial charge in [0.05, 0.1) is 5.56 Å². The van der Waals surface area contributed by atoms with E-state index in [2.05, 4.69) is 36.9 Å². The second-order valence-electron chi connectivity index (χ2n) is 5.19. The number of rotatable bonds is 4. The summed E-state index contributed by atoms with van der Waals surface area (Å²) in [6, 6.07) is 6.26. The molecule has 3 nitrogen and oxygen atoms in total. The second-order valence-corrected chi connectivity index (χ2v) is 6.50. The van der Waals surface area contributed by atoms with Crippen LogP contribution in [0.15, 0.2) is 23.1 Å². The van der Waals surface area contributed by atoms with E-state index >= 15 is 0 Å². The summed E-state index contributed by atoms with van der Waals surface area (Å²) in [7, 11) is 0. The van der Waals surface area contributed by atoms with Crippen molar-refractivity contribution in [2.75, 3.05) is 23.7 Å². The van der Waals surface area contributed by atoms with Gasteiger partial charge < -0.3 is 10.6 Å². The summed E-state index contributed by atoms with van der Waals surface area (Å²) in [6.45, 7) is 6.57. The predicted molar refractivity (Wildman–Crippen MR) is 84.5 cm³/mol. The fourth-order valence-corrected chi connectivity index (χ4v) is 3.58. The Morgan fingerprint density at radius 2 is 2.32 bits per heavy atom. The van der Waals surface area contributed by atoms with Gasteiger partial charge in [0.2, 0.25) is 0 Å². The average molecular weight is 277 g/mol. The van der Waals surface area contributed by atoms with Crippen molar-refractivity contribution < 1.29 is 0 Å². The summed E-state index contributed by atoms with van der Waals surface area (Å²) in [5.74, 6) is 1.90. The topological polar surface area (TPSA) is 53.1 Å². The van der Waals surface area contributed by atoms with Crippen LogP contribution in [-0.4, -0.2) is 24.7 Å². The van der Waals surface area contributed by atoms with Gasteiger partial charge in [-0.15, -0.1) is 11.8 Å². The van der Waals surface area contributed by atoms with Gasteiger partial charge >= 0.3 is 0 Å². The Hall–Kier alpha value is -1.16. The quantitative estimate of drug-likeness (QED) is 0.504. The van der Waals surface area contributed by atoms with Gasteiger partial charge in [0.25, 0.3) is 0 Å². The van der Waals surface area contributed by atoms with Gasteiger partial charge in [-0.1, -0.05) is 19.9 Å². The molecule has 0 aromatic heterocycles. The van der Waals surface area contributed by atoms with Gasteiger partial charge in [-0.3, -0.25) is 5.41 Å². The highest BCUT2D eigenvalue weighted by atomic mass is 32.2. The van der Waals surface area contributed by atoms with Crippen LogP contribution in [-0.2, 0) is 0 Å². The first kappa shape index (κ1) is 14.3. The Labute approximate surface area is 120 Å². The molecule has 0 amide bonds. The van der Waals surface area contributed by atoms with Crippen LogP contribution in [0.1, 0.15) is 32.3 Å². The summed E-state index contributed by atoms with van der Waals surface area (Å²) in [5, 5.41) is 7.90. The molecule has 1 aliphatic rings. The van der Waals surface area contributed by atoms with Gasteiger partial charge in [-0.05, 0) is 36.6 Å². The SMILES string of the molecule is CCSc1cccc(N2CCCC(C)C2)c1C(=N)N. The molecule has 1 atom stereocenters. The number of benzene rings is 1. The van der Waals surface area contributed by atoms with Crippen LogP contribution in [0.3, 0.4) is 0 Å². The first-order valence-electron chi connectivity index (χ1n) is 6.98.